The Labute approximate surface area is 164 Å². The third kappa shape index (κ3) is 3.96. The Morgan fingerprint density at radius 1 is 1.22 bits per heavy atom. The van der Waals surface area contributed by atoms with E-state index in [1.807, 2.05) is 20.9 Å². The molecule has 2 aliphatic heterocycles. The normalized spacial score (nSPS) is 22.1. The van der Waals surface area contributed by atoms with Crippen molar-refractivity contribution in [3.05, 3.63) is 17.4 Å². The fraction of sp³-hybridized carbons (Fsp3) is 0.611. The topological polar surface area (TPSA) is 72.7 Å². The molecule has 0 aromatic carbocycles. The monoisotopic (exact) mass is 393 g/mol. The molecule has 3 rings (SSSR count). The van der Waals surface area contributed by atoms with E-state index in [0.717, 1.165) is 25.9 Å². The van der Waals surface area contributed by atoms with Gasteiger partial charge in [-0.15, -0.1) is 0 Å². The molecule has 0 aliphatic carbocycles. The van der Waals surface area contributed by atoms with Gasteiger partial charge in [0.25, 0.3) is 0 Å². The standard InChI is InChI=1S/C18H26ClN6O2/c1-4-23-12-15(16(26)25(5-2)18(23)27)24-8-6-14(7-9-24)22(3)17-20-10-13(19)11-21-17/h10-12,14-15H,4-9H2,1-3H3/q+1. The fourth-order valence-electron chi connectivity index (χ4n) is 3.69. The molecule has 9 heteroatoms. The number of amides is 3. The largest absolute Gasteiger partial charge is 0.500 e. The van der Waals surface area contributed by atoms with Crippen LogP contribution in [-0.2, 0) is 4.79 Å². The van der Waals surface area contributed by atoms with Crippen LogP contribution < -0.4 is 4.90 Å². The summed E-state index contributed by atoms with van der Waals surface area (Å²) in [5, 5.41) is 0.517. The number of hydrogen-bond acceptors (Lipinski definition) is 6. The summed E-state index contributed by atoms with van der Waals surface area (Å²) >= 11 is 5.86. The maximum Gasteiger partial charge on any atom is 0.500 e. The van der Waals surface area contributed by atoms with E-state index in [0.29, 0.717) is 30.1 Å². The van der Waals surface area contributed by atoms with Gasteiger partial charge in [0.05, 0.1) is 30.5 Å². The number of likely N-dealkylation sites (N-methyl/N-ethyl adjacent to an activating group) is 1. The number of rotatable bonds is 5. The van der Waals surface area contributed by atoms with E-state index in [1.54, 1.807) is 23.2 Å². The number of halogens is 1. The van der Waals surface area contributed by atoms with Crippen LogP contribution in [0.25, 0.3) is 0 Å². The van der Waals surface area contributed by atoms with Gasteiger partial charge >= 0.3 is 11.9 Å². The Bertz CT molecular complexity index is 730. The van der Waals surface area contributed by atoms with E-state index in [1.165, 1.54) is 4.90 Å². The molecule has 146 valence electrons. The molecule has 27 heavy (non-hydrogen) atoms. The van der Waals surface area contributed by atoms with Crippen LogP contribution in [-0.4, -0.2) is 87.8 Å². The molecule has 1 atom stereocenters. The number of aromatic nitrogens is 2. The highest BCUT2D eigenvalue weighted by Gasteiger charge is 2.44. The average Bonchev–Trinajstić information content (AvgIpc) is 2.69. The minimum Gasteiger partial charge on any atom is -0.341 e. The summed E-state index contributed by atoms with van der Waals surface area (Å²) < 4.78 is 1.63. The number of hydrogen-bond donors (Lipinski definition) is 0. The van der Waals surface area contributed by atoms with Gasteiger partial charge < -0.3 is 4.90 Å². The van der Waals surface area contributed by atoms with Crippen molar-refractivity contribution < 1.29 is 14.2 Å². The zero-order valence-corrected chi connectivity index (χ0v) is 16.8. The number of piperidine rings is 1. The van der Waals surface area contributed by atoms with Crippen molar-refractivity contribution >= 4 is 35.7 Å². The Kier molecular flexibility index (Phi) is 6.06. The number of likely N-dealkylation sites (tertiary alicyclic amines) is 1. The zero-order chi connectivity index (χ0) is 19.6. The molecule has 1 aromatic rings. The number of urea groups is 1. The lowest BCUT2D eigenvalue weighted by Crippen LogP contribution is -2.60. The van der Waals surface area contributed by atoms with Crippen molar-refractivity contribution in [2.45, 2.75) is 38.8 Å². The van der Waals surface area contributed by atoms with Crippen LogP contribution >= 0.6 is 11.6 Å². The third-order valence-corrected chi connectivity index (χ3v) is 5.53. The van der Waals surface area contributed by atoms with Crippen molar-refractivity contribution in [1.29, 1.82) is 0 Å². The van der Waals surface area contributed by atoms with Crippen LogP contribution in [0.5, 0.6) is 0 Å². The number of carbonyl (C=O) groups excluding carboxylic acids is 2. The summed E-state index contributed by atoms with van der Waals surface area (Å²) in [4.78, 5) is 39.2. The second kappa shape index (κ2) is 8.31. The molecule has 1 saturated heterocycles. The molecule has 1 aromatic heterocycles. The van der Waals surface area contributed by atoms with Crippen LogP contribution in [0.3, 0.4) is 0 Å². The van der Waals surface area contributed by atoms with Gasteiger partial charge in [0, 0.05) is 26.2 Å². The van der Waals surface area contributed by atoms with E-state index in [-0.39, 0.29) is 18.0 Å². The number of imide groups is 1. The number of carbonyl (C=O) groups is 2. The molecule has 0 saturated carbocycles. The molecule has 1 fully saturated rings. The third-order valence-electron chi connectivity index (χ3n) is 5.34. The molecular weight excluding hydrogens is 368 g/mol. The first kappa shape index (κ1) is 19.7. The summed E-state index contributed by atoms with van der Waals surface area (Å²) in [7, 11) is 1.98. The molecule has 3 amide bonds. The molecule has 0 bridgehead atoms. The molecule has 3 heterocycles. The van der Waals surface area contributed by atoms with Crippen LogP contribution in [0.15, 0.2) is 12.4 Å². The van der Waals surface area contributed by atoms with E-state index in [9.17, 15) is 9.59 Å². The van der Waals surface area contributed by atoms with Gasteiger partial charge in [-0.25, -0.2) is 14.8 Å². The lowest BCUT2D eigenvalue weighted by Gasteiger charge is -2.39. The summed E-state index contributed by atoms with van der Waals surface area (Å²) in [6, 6.07) is -0.302. The lowest BCUT2D eigenvalue weighted by atomic mass is 10.0. The van der Waals surface area contributed by atoms with Gasteiger partial charge in [0.2, 0.25) is 5.95 Å². The Balaban J connectivity index is 1.67. The molecule has 2 aliphatic rings. The molecular formula is C18H26ClN6O2+. The summed E-state index contributed by atoms with van der Waals surface area (Å²) in [6.07, 6.45) is 6.77. The van der Waals surface area contributed by atoms with E-state index >= 15 is 0 Å². The Morgan fingerprint density at radius 2 is 1.85 bits per heavy atom. The highest BCUT2D eigenvalue weighted by molar-refractivity contribution is 6.30. The Morgan fingerprint density at radius 3 is 2.41 bits per heavy atom. The summed E-state index contributed by atoms with van der Waals surface area (Å²) in [5.74, 6) is 0.526. The fourth-order valence-corrected chi connectivity index (χ4v) is 3.79. The van der Waals surface area contributed by atoms with Gasteiger partial charge in [-0.3, -0.25) is 4.90 Å². The summed E-state index contributed by atoms with van der Waals surface area (Å²) in [5.41, 5.74) is 0. The highest BCUT2D eigenvalue weighted by Crippen LogP contribution is 2.22. The molecule has 1 unspecified atom stereocenters. The van der Waals surface area contributed by atoms with Crippen molar-refractivity contribution in [3.8, 4) is 0 Å². The zero-order valence-electron chi connectivity index (χ0n) is 16.0. The van der Waals surface area contributed by atoms with Gasteiger partial charge in [-0.1, -0.05) is 11.6 Å². The predicted molar refractivity (Wildman–Crippen MR) is 103 cm³/mol. The first-order valence-corrected chi connectivity index (χ1v) is 9.75. The molecule has 0 N–H and O–H groups in total. The first-order valence-electron chi connectivity index (χ1n) is 9.37. The van der Waals surface area contributed by atoms with E-state index < -0.39 is 0 Å². The smallest absolute Gasteiger partial charge is 0.341 e. The maximum atomic E-state index is 12.8. The highest BCUT2D eigenvalue weighted by atomic mass is 35.5. The lowest BCUT2D eigenvalue weighted by molar-refractivity contribution is -0.431. The van der Waals surface area contributed by atoms with E-state index in [2.05, 4.69) is 19.8 Å². The Hall–Kier alpha value is -2.06. The van der Waals surface area contributed by atoms with Crippen LogP contribution in [0, 0.1) is 0 Å². The van der Waals surface area contributed by atoms with Crippen molar-refractivity contribution in [2.24, 2.45) is 0 Å². The number of anilines is 1. The second-order valence-corrected chi connectivity index (χ2v) is 7.26. The van der Waals surface area contributed by atoms with Crippen LogP contribution in [0.2, 0.25) is 5.02 Å². The second-order valence-electron chi connectivity index (χ2n) is 6.82. The number of nitrogens with zero attached hydrogens (tertiary/aromatic N) is 6. The van der Waals surface area contributed by atoms with Gasteiger partial charge in [0.1, 0.15) is 6.21 Å². The van der Waals surface area contributed by atoms with Crippen molar-refractivity contribution in [3.63, 3.8) is 0 Å². The minimum atomic E-state index is -0.374. The van der Waals surface area contributed by atoms with Crippen LogP contribution in [0.1, 0.15) is 26.7 Å². The SMILES string of the molecule is CCN1C(=O)C(N2CCC(N(C)c3ncc(Cl)cn3)CC2)C=[N+](CC)C1=O. The average molecular weight is 394 g/mol. The molecule has 0 spiro atoms. The maximum absolute atomic E-state index is 12.8. The van der Waals surface area contributed by atoms with Crippen molar-refractivity contribution in [2.75, 3.05) is 38.1 Å². The van der Waals surface area contributed by atoms with E-state index in [4.69, 9.17) is 11.6 Å². The predicted octanol–water partition coefficient (Wildman–Crippen LogP) is 1.48. The van der Waals surface area contributed by atoms with Crippen LogP contribution in [0.4, 0.5) is 10.7 Å². The first-order chi connectivity index (χ1) is 13.0. The van der Waals surface area contributed by atoms with Crippen molar-refractivity contribution in [1.82, 2.24) is 19.8 Å². The van der Waals surface area contributed by atoms with Gasteiger partial charge in [0.15, 0.2) is 6.04 Å². The molecule has 0 radical (unpaired) electrons. The molecule has 8 nitrogen and oxygen atoms in total. The summed E-state index contributed by atoms with van der Waals surface area (Å²) in [6.45, 7) is 6.26. The van der Waals surface area contributed by atoms with Gasteiger partial charge in [-0.2, -0.15) is 14.3 Å². The minimum absolute atomic E-state index is 0.125. The van der Waals surface area contributed by atoms with Gasteiger partial charge in [-0.05, 0) is 26.7 Å². The quantitative estimate of drug-likeness (QED) is 0.705.